The van der Waals surface area contributed by atoms with E-state index in [9.17, 15) is 5.11 Å². The van der Waals surface area contributed by atoms with Gasteiger partial charge in [0.25, 0.3) is 0 Å². The molecule has 3 heteroatoms. The number of hydrogen-bond acceptors (Lipinski definition) is 2. The number of morpholine rings is 1. The average molecular weight is 158 g/mol. The van der Waals surface area contributed by atoms with Crippen LogP contribution in [0.1, 0.15) is 13.3 Å². The Morgan fingerprint density at radius 1 is 1.45 bits per heavy atom. The highest BCUT2D eigenvalue weighted by Gasteiger charge is 2.18. The molecule has 1 rings (SSSR count). The normalized spacial score (nSPS) is 23.5. The summed E-state index contributed by atoms with van der Waals surface area (Å²) in [5, 5.41) is 10.7. The van der Waals surface area contributed by atoms with Gasteiger partial charge in [0.05, 0.1) is 19.8 Å². The first-order chi connectivity index (χ1) is 5.38. The Hall–Kier alpha value is -0.120. The summed E-state index contributed by atoms with van der Waals surface area (Å²) in [5.41, 5.74) is 0. The highest BCUT2D eigenvalue weighted by molar-refractivity contribution is 4.71. The Morgan fingerprint density at radius 2 is 2.09 bits per heavy atom. The van der Waals surface area contributed by atoms with Crippen molar-refractivity contribution in [1.82, 2.24) is 4.90 Å². The molecule has 0 saturated carbocycles. The van der Waals surface area contributed by atoms with E-state index < -0.39 is 0 Å². The van der Waals surface area contributed by atoms with Crippen LogP contribution in [0.5, 0.6) is 0 Å². The van der Waals surface area contributed by atoms with Crippen LogP contribution < -0.4 is 0 Å². The van der Waals surface area contributed by atoms with Crippen LogP contribution >= 0.6 is 0 Å². The molecule has 0 amide bonds. The summed E-state index contributed by atoms with van der Waals surface area (Å²) in [4.78, 5) is 2.23. The third kappa shape index (κ3) is 2.43. The predicted octanol–water partition coefficient (Wildman–Crippen LogP) is 0.528. The van der Waals surface area contributed by atoms with Crippen molar-refractivity contribution in [3.8, 4) is 0 Å². The first-order valence-electron chi connectivity index (χ1n) is 4.28. The summed E-state index contributed by atoms with van der Waals surface area (Å²) in [6.45, 7) is 5.53. The van der Waals surface area contributed by atoms with Crippen LogP contribution in [-0.2, 0) is 9.84 Å². The van der Waals surface area contributed by atoms with Crippen molar-refractivity contribution in [3.63, 3.8) is 0 Å². The topological polar surface area (TPSA) is 32.4 Å². The standard InChI is InChI=1S/C8H16NO2/c1-2-8(7-10)9-3-5-11-6-4-9/h8H,2-7H2,1H3. The highest BCUT2D eigenvalue weighted by Crippen LogP contribution is 2.06. The van der Waals surface area contributed by atoms with Gasteiger partial charge in [-0.3, -0.25) is 4.90 Å². The lowest BCUT2D eigenvalue weighted by atomic mass is 10.2. The first-order valence-corrected chi connectivity index (χ1v) is 4.28. The predicted molar refractivity (Wildman–Crippen MR) is 42.0 cm³/mol. The molecular formula is C8H16NO2. The van der Waals surface area contributed by atoms with E-state index in [2.05, 4.69) is 11.8 Å². The molecule has 1 aliphatic heterocycles. The molecule has 65 valence electrons. The van der Waals surface area contributed by atoms with E-state index in [1.54, 1.807) is 0 Å². The zero-order valence-corrected chi connectivity index (χ0v) is 7.08. The van der Waals surface area contributed by atoms with E-state index in [-0.39, 0.29) is 12.6 Å². The zero-order valence-electron chi connectivity index (χ0n) is 7.08. The van der Waals surface area contributed by atoms with Crippen LogP contribution in [0.15, 0.2) is 0 Å². The second-order valence-corrected chi connectivity index (χ2v) is 2.88. The molecule has 0 aromatic carbocycles. The lowest BCUT2D eigenvalue weighted by molar-refractivity contribution is -0.00720. The second-order valence-electron chi connectivity index (χ2n) is 2.88. The van der Waals surface area contributed by atoms with Gasteiger partial charge in [0, 0.05) is 19.1 Å². The number of hydrogen-bond donors (Lipinski definition) is 0. The fraction of sp³-hybridized carbons (Fsp3) is 1.00. The summed E-state index contributed by atoms with van der Waals surface area (Å²) < 4.78 is 5.20. The van der Waals surface area contributed by atoms with E-state index in [0.29, 0.717) is 0 Å². The molecule has 0 aromatic rings. The van der Waals surface area contributed by atoms with Gasteiger partial charge >= 0.3 is 0 Å². The van der Waals surface area contributed by atoms with Crippen molar-refractivity contribution >= 4 is 0 Å². The Morgan fingerprint density at radius 3 is 2.55 bits per heavy atom. The van der Waals surface area contributed by atoms with Crippen LogP contribution in [-0.4, -0.2) is 43.9 Å². The van der Waals surface area contributed by atoms with Gasteiger partial charge in [0.1, 0.15) is 0 Å². The van der Waals surface area contributed by atoms with E-state index in [1.165, 1.54) is 0 Å². The van der Waals surface area contributed by atoms with Crippen molar-refractivity contribution in [2.24, 2.45) is 0 Å². The highest BCUT2D eigenvalue weighted by atomic mass is 16.5. The average Bonchev–Trinajstić information content (AvgIpc) is 2.09. The van der Waals surface area contributed by atoms with Crippen LogP contribution in [0, 0.1) is 0 Å². The number of rotatable bonds is 3. The summed E-state index contributed by atoms with van der Waals surface area (Å²) in [6.07, 6.45) is 0.962. The first kappa shape index (κ1) is 8.97. The van der Waals surface area contributed by atoms with E-state index in [4.69, 9.17) is 4.74 Å². The SMILES string of the molecule is CCC(C[O])N1CCOCC1. The molecule has 0 aliphatic carbocycles. The van der Waals surface area contributed by atoms with Gasteiger partial charge in [-0.05, 0) is 6.42 Å². The molecule has 0 spiro atoms. The zero-order chi connectivity index (χ0) is 8.10. The van der Waals surface area contributed by atoms with Gasteiger partial charge in [-0.25, -0.2) is 5.11 Å². The molecule has 1 heterocycles. The summed E-state index contributed by atoms with van der Waals surface area (Å²) in [7, 11) is 0. The van der Waals surface area contributed by atoms with Gasteiger partial charge in [-0.2, -0.15) is 0 Å². The molecule has 1 atom stereocenters. The van der Waals surface area contributed by atoms with E-state index in [0.717, 1.165) is 32.7 Å². The molecule has 1 unspecified atom stereocenters. The van der Waals surface area contributed by atoms with Gasteiger partial charge in [-0.15, -0.1) is 0 Å². The van der Waals surface area contributed by atoms with Crippen molar-refractivity contribution in [2.75, 3.05) is 32.9 Å². The molecule has 0 bridgehead atoms. The molecule has 1 aliphatic rings. The van der Waals surface area contributed by atoms with Gasteiger partial charge in [0.2, 0.25) is 0 Å². The Labute approximate surface area is 68.0 Å². The van der Waals surface area contributed by atoms with Crippen molar-refractivity contribution in [2.45, 2.75) is 19.4 Å². The third-order valence-corrected chi connectivity index (χ3v) is 2.23. The molecule has 3 nitrogen and oxygen atoms in total. The summed E-state index contributed by atoms with van der Waals surface area (Å²) in [5.74, 6) is 0. The molecule has 0 N–H and O–H groups in total. The van der Waals surface area contributed by atoms with Crippen molar-refractivity contribution in [3.05, 3.63) is 0 Å². The lowest BCUT2D eigenvalue weighted by Gasteiger charge is -2.32. The lowest BCUT2D eigenvalue weighted by Crippen LogP contribution is -2.44. The summed E-state index contributed by atoms with van der Waals surface area (Å²) in [6, 6.07) is 0.235. The Bertz CT molecular complexity index is 98.3. The van der Waals surface area contributed by atoms with Crippen LogP contribution in [0.25, 0.3) is 0 Å². The van der Waals surface area contributed by atoms with Crippen LogP contribution in [0.2, 0.25) is 0 Å². The van der Waals surface area contributed by atoms with Gasteiger partial charge in [0.15, 0.2) is 0 Å². The van der Waals surface area contributed by atoms with E-state index >= 15 is 0 Å². The van der Waals surface area contributed by atoms with Gasteiger partial charge in [-0.1, -0.05) is 6.92 Å². The molecule has 1 radical (unpaired) electrons. The van der Waals surface area contributed by atoms with Crippen LogP contribution in [0.3, 0.4) is 0 Å². The fourth-order valence-corrected chi connectivity index (χ4v) is 1.42. The maximum atomic E-state index is 10.7. The molecule has 11 heavy (non-hydrogen) atoms. The maximum absolute atomic E-state index is 10.7. The van der Waals surface area contributed by atoms with Crippen LogP contribution in [0.4, 0.5) is 0 Å². The largest absolute Gasteiger partial charge is 0.379 e. The van der Waals surface area contributed by atoms with Crippen molar-refractivity contribution < 1.29 is 9.84 Å². The number of nitrogens with zero attached hydrogens (tertiary/aromatic N) is 1. The second kappa shape index (κ2) is 4.70. The molecule has 0 aromatic heterocycles. The molecule has 1 fully saturated rings. The minimum absolute atomic E-state index is 0.0243. The maximum Gasteiger partial charge on any atom is 0.0977 e. The quantitative estimate of drug-likeness (QED) is 0.600. The molecular weight excluding hydrogens is 142 g/mol. The number of ether oxygens (including phenoxy) is 1. The van der Waals surface area contributed by atoms with E-state index in [1.807, 2.05) is 0 Å². The summed E-state index contributed by atoms with van der Waals surface area (Å²) >= 11 is 0. The Kier molecular flexibility index (Phi) is 3.83. The van der Waals surface area contributed by atoms with Crippen molar-refractivity contribution in [1.29, 1.82) is 0 Å². The van der Waals surface area contributed by atoms with Gasteiger partial charge < -0.3 is 4.74 Å². The smallest absolute Gasteiger partial charge is 0.0977 e. The molecule has 1 saturated heterocycles. The monoisotopic (exact) mass is 158 g/mol. The third-order valence-electron chi connectivity index (χ3n) is 2.23. The minimum Gasteiger partial charge on any atom is -0.379 e. The minimum atomic E-state index is 0.0243. The fourth-order valence-electron chi connectivity index (χ4n) is 1.42. The Balaban J connectivity index is 2.30.